The molecule has 23 heavy (non-hydrogen) atoms. The first kappa shape index (κ1) is 20.3. The van der Waals surface area contributed by atoms with Crippen molar-refractivity contribution in [1.82, 2.24) is 10.0 Å². The third-order valence-corrected chi connectivity index (χ3v) is 6.35. The molecule has 1 rings (SSSR count). The number of unbranched alkanes of at least 4 members (excludes halogenated alkanes) is 5. The number of carbonyl (C=O) groups is 1. The predicted molar refractivity (Wildman–Crippen MR) is 94.9 cm³/mol. The summed E-state index contributed by atoms with van der Waals surface area (Å²) in [6.07, 6.45) is 11.0. The second-order valence-corrected chi connectivity index (χ2v) is 9.09. The van der Waals surface area contributed by atoms with Gasteiger partial charge in [0, 0.05) is 5.54 Å². The Kier molecular flexibility index (Phi) is 8.37. The summed E-state index contributed by atoms with van der Waals surface area (Å²) in [4.78, 5) is 12.1. The summed E-state index contributed by atoms with van der Waals surface area (Å²) >= 11 is 0. The first-order chi connectivity index (χ1) is 10.8. The third-order valence-electron chi connectivity index (χ3n) is 4.53. The van der Waals surface area contributed by atoms with E-state index in [1.165, 1.54) is 12.8 Å². The topological polar surface area (TPSA) is 75.3 Å². The second kappa shape index (κ2) is 9.50. The number of amides is 2. The van der Waals surface area contributed by atoms with E-state index in [0.717, 1.165) is 44.9 Å². The van der Waals surface area contributed by atoms with Crippen molar-refractivity contribution < 1.29 is 13.2 Å². The van der Waals surface area contributed by atoms with Crippen molar-refractivity contribution in [2.24, 2.45) is 0 Å². The van der Waals surface area contributed by atoms with Crippen LogP contribution in [0, 0.1) is 0 Å². The SMILES string of the molecule is CCCCCCC(C)(CCCCC)NC(=O)NS(=O)(=O)C1CC1. The molecule has 1 saturated carbocycles. The fourth-order valence-corrected chi connectivity index (χ4v) is 4.08. The van der Waals surface area contributed by atoms with E-state index in [1.54, 1.807) is 0 Å². The van der Waals surface area contributed by atoms with Gasteiger partial charge in [0.25, 0.3) is 0 Å². The Morgan fingerprint density at radius 2 is 1.52 bits per heavy atom. The van der Waals surface area contributed by atoms with Crippen LogP contribution in [-0.4, -0.2) is 25.2 Å². The van der Waals surface area contributed by atoms with Crippen molar-refractivity contribution in [3.8, 4) is 0 Å². The molecular formula is C17H34N2O3S. The number of sulfonamides is 1. The third kappa shape index (κ3) is 8.04. The van der Waals surface area contributed by atoms with Gasteiger partial charge in [0.05, 0.1) is 5.25 Å². The van der Waals surface area contributed by atoms with E-state index in [1.807, 2.05) is 6.92 Å². The van der Waals surface area contributed by atoms with E-state index in [0.29, 0.717) is 12.8 Å². The molecule has 2 N–H and O–H groups in total. The van der Waals surface area contributed by atoms with Gasteiger partial charge >= 0.3 is 6.03 Å². The van der Waals surface area contributed by atoms with Gasteiger partial charge < -0.3 is 5.32 Å². The zero-order valence-corrected chi connectivity index (χ0v) is 15.8. The van der Waals surface area contributed by atoms with Crippen LogP contribution in [0.25, 0.3) is 0 Å². The van der Waals surface area contributed by atoms with Gasteiger partial charge in [-0.2, -0.15) is 0 Å². The van der Waals surface area contributed by atoms with Crippen LogP contribution in [0.3, 0.4) is 0 Å². The first-order valence-electron chi connectivity index (χ1n) is 9.17. The van der Waals surface area contributed by atoms with E-state index in [2.05, 4.69) is 23.9 Å². The quantitative estimate of drug-likeness (QED) is 0.523. The zero-order chi connectivity index (χ0) is 17.3. The van der Waals surface area contributed by atoms with Gasteiger partial charge in [0.2, 0.25) is 10.0 Å². The van der Waals surface area contributed by atoms with E-state index >= 15 is 0 Å². The van der Waals surface area contributed by atoms with Crippen molar-refractivity contribution in [3.05, 3.63) is 0 Å². The molecule has 1 aliphatic rings. The highest BCUT2D eigenvalue weighted by Crippen LogP contribution is 2.27. The standard InChI is InChI=1S/C17H34N2O3S/c1-4-6-8-10-14-17(3,13-9-7-5-2)18-16(20)19-23(21,22)15-11-12-15/h15H,4-14H2,1-3H3,(H2,18,19,20). The largest absolute Gasteiger partial charge is 0.332 e. The molecule has 0 aromatic carbocycles. The van der Waals surface area contributed by atoms with Crippen LogP contribution >= 0.6 is 0 Å². The Morgan fingerprint density at radius 1 is 1.00 bits per heavy atom. The minimum Gasteiger partial charge on any atom is -0.332 e. The molecule has 0 saturated heterocycles. The van der Waals surface area contributed by atoms with Gasteiger partial charge in [0.15, 0.2) is 0 Å². The average Bonchev–Trinajstić information content (AvgIpc) is 3.28. The fourth-order valence-electron chi connectivity index (χ4n) is 2.85. The van der Waals surface area contributed by atoms with Crippen molar-refractivity contribution in [2.75, 3.05) is 0 Å². The lowest BCUT2D eigenvalue weighted by Crippen LogP contribution is -2.52. The lowest BCUT2D eigenvalue weighted by Gasteiger charge is -2.31. The van der Waals surface area contributed by atoms with Crippen LogP contribution in [0.5, 0.6) is 0 Å². The number of urea groups is 1. The summed E-state index contributed by atoms with van der Waals surface area (Å²) in [5, 5.41) is 2.57. The maximum Gasteiger partial charge on any atom is 0.328 e. The van der Waals surface area contributed by atoms with E-state index in [4.69, 9.17) is 0 Å². The molecule has 0 radical (unpaired) electrons. The van der Waals surface area contributed by atoms with Gasteiger partial charge in [-0.1, -0.05) is 58.8 Å². The highest BCUT2D eigenvalue weighted by atomic mass is 32.2. The molecule has 2 amide bonds. The summed E-state index contributed by atoms with van der Waals surface area (Å²) < 4.78 is 25.9. The number of rotatable bonds is 12. The van der Waals surface area contributed by atoms with Crippen molar-refractivity contribution >= 4 is 16.1 Å². The summed E-state index contributed by atoms with van der Waals surface area (Å²) in [6, 6.07) is -0.564. The van der Waals surface area contributed by atoms with Gasteiger partial charge in [-0.25, -0.2) is 17.9 Å². The summed E-state index contributed by atoms with van der Waals surface area (Å²) in [5.41, 5.74) is -0.327. The number of hydrogen-bond donors (Lipinski definition) is 2. The Morgan fingerprint density at radius 3 is 2.04 bits per heavy atom. The molecule has 0 bridgehead atoms. The van der Waals surface area contributed by atoms with Crippen LogP contribution in [-0.2, 0) is 10.0 Å². The molecule has 5 nitrogen and oxygen atoms in total. The fraction of sp³-hybridized carbons (Fsp3) is 0.941. The lowest BCUT2D eigenvalue weighted by molar-refractivity contribution is 0.223. The molecule has 1 unspecified atom stereocenters. The highest BCUT2D eigenvalue weighted by molar-refractivity contribution is 7.90. The van der Waals surface area contributed by atoms with Crippen molar-refractivity contribution in [2.45, 2.75) is 102 Å². The van der Waals surface area contributed by atoms with Crippen LogP contribution in [0.15, 0.2) is 0 Å². The highest BCUT2D eigenvalue weighted by Gasteiger charge is 2.37. The normalized spacial score (nSPS) is 17.5. The Hall–Kier alpha value is -0.780. The Balaban J connectivity index is 2.53. The van der Waals surface area contributed by atoms with E-state index < -0.39 is 16.1 Å². The van der Waals surface area contributed by atoms with E-state index in [9.17, 15) is 13.2 Å². The summed E-state index contributed by atoms with van der Waals surface area (Å²) in [6.45, 7) is 6.37. The predicted octanol–water partition coefficient (Wildman–Crippen LogP) is 4.09. The average molecular weight is 347 g/mol. The van der Waals surface area contributed by atoms with Crippen LogP contribution in [0.1, 0.15) is 91.4 Å². The van der Waals surface area contributed by atoms with Crippen LogP contribution < -0.4 is 10.0 Å². The second-order valence-electron chi connectivity index (χ2n) is 7.13. The molecule has 6 heteroatoms. The summed E-state index contributed by atoms with van der Waals surface area (Å²) in [7, 11) is -3.48. The molecule has 136 valence electrons. The molecule has 0 spiro atoms. The molecule has 1 aliphatic carbocycles. The van der Waals surface area contributed by atoms with Crippen molar-refractivity contribution in [3.63, 3.8) is 0 Å². The Labute approximate surface area is 142 Å². The molecule has 0 aromatic heterocycles. The maximum absolute atomic E-state index is 12.1. The number of nitrogens with one attached hydrogen (secondary N) is 2. The minimum atomic E-state index is -3.48. The smallest absolute Gasteiger partial charge is 0.328 e. The molecule has 1 fully saturated rings. The maximum atomic E-state index is 12.1. The molecule has 0 aliphatic heterocycles. The minimum absolute atomic E-state index is 0.327. The van der Waals surface area contributed by atoms with Gasteiger partial charge in [-0.15, -0.1) is 0 Å². The number of carbonyl (C=O) groups excluding carboxylic acids is 1. The summed E-state index contributed by atoms with van der Waals surface area (Å²) in [5.74, 6) is 0. The van der Waals surface area contributed by atoms with Crippen LogP contribution in [0.4, 0.5) is 4.79 Å². The van der Waals surface area contributed by atoms with Gasteiger partial charge in [0.1, 0.15) is 0 Å². The Bertz CT molecular complexity index is 460. The van der Waals surface area contributed by atoms with Crippen LogP contribution in [0.2, 0.25) is 0 Å². The molecular weight excluding hydrogens is 312 g/mol. The lowest BCUT2D eigenvalue weighted by atomic mass is 9.88. The molecule has 1 atom stereocenters. The van der Waals surface area contributed by atoms with E-state index in [-0.39, 0.29) is 10.8 Å². The first-order valence-corrected chi connectivity index (χ1v) is 10.7. The zero-order valence-electron chi connectivity index (χ0n) is 15.0. The molecule has 0 aromatic rings. The monoisotopic (exact) mass is 346 g/mol. The van der Waals surface area contributed by atoms with Gasteiger partial charge in [-0.3, -0.25) is 0 Å². The van der Waals surface area contributed by atoms with Gasteiger partial charge in [-0.05, 0) is 32.6 Å². The van der Waals surface area contributed by atoms with Crippen molar-refractivity contribution in [1.29, 1.82) is 0 Å². The number of hydrogen-bond acceptors (Lipinski definition) is 3. The molecule has 0 heterocycles.